The third-order valence-electron chi connectivity index (χ3n) is 13.0. The van der Waals surface area contributed by atoms with Crippen molar-refractivity contribution in [3.8, 4) is 0 Å². The smallest absolute Gasteiger partial charge is 0.0357 e. The van der Waals surface area contributed by atoms with Gasteiger partial charge in [0.05, 0.1) is 0 Å². The average molecular weight is 603 g/mol. The predicted molar refractivity (Wildman–Crippen MR) is 197 cm³/mol. The van der Waals surface area contributed by atoms with Crippen molar-refractivity contribution in [2.24, 2.45) is 94.7 Å². The molecule has 0 heterocycles. The van der Waals surface area contributed by atoms with Crippen LogP contribution < -0.4 is 0 Å². The van der Waals surface area contributed by atoms with Crippen molar-refractivity contribution >= 4 is 0 Å². The largest absolute Gasteiger partial charge is 0.0625 e. The van der Waals surface area contributed by atoms with Crippen LogP contribution >= 0.6 is 0 Å². The monoisotopic (exact) mass is 603 g/mol. The van der Waals surface area contributed by atoms with Crippen molar-refractivity contribution in [3.05, 3.63) is 0 Å². The molecule has 0 nitrogen and oxygen atoms in total. The Balaban J connectivity index is 0.000000289. The van der Waals surface area contributed by atoms with Crippen LogP contribution in [0, 0.1) is 94.7 Å². The molecule has 4 saturated carbocycles. The number of hydrogen-bond donors (Lipinski definition) is 0. The Bertz CT molecular complexity index is 608. The lowest BCUT2D eigenvalue weighted by Crippen LogP contribution is -2.30. The van der Waals surface area contributed by atoms with Crippen molar-refractivity contribution in [1.82, 2.24) is 0 Å². The number of hydrogen-bond acceptors (Lipinski definition) is 0. The van der Waals surface area contributed by atoms with Gasteiger partial charge in [-0.2, -0.15) is 0 Å². The van der Waals surface area contributed by atoms with Crippen LogP contribution in [0.2, 0.25) is 0 Å². The highest BCUT2D eigenvalue weighted by molar-refractivity contribution is 4.90. The minimum atomic E-state index is 0.901. The Kier molecular flexibility index (Phi) is 19.3. The van der Waals surface area contributed by atoms with Gasteiger partial charge < -0.3 is 0 Å². The van der Waals surface area contributed by atoms with Gasteiger partial charge in [0.1, 0.15) is 0 Å². The Morgan fingerprint density at radius 1 is 0.256 bits per heavy atom. The van der Waals surface area contributed by atoms with Gasteiger partial charge in [0.2, 0.25) is 0 Å². The maximum absolute atomic E-state index is 2.39. The van der Waals surface area contributed by atoms with Crippen molar-refractivity contribution in [3.63, 3.8) is 0 Å². The minimum absolute atomic E-state index is 0.901. The normalized spacial score (nSPS) is 32.4. The molecule has 0 bridgehead atoms. The van der Waals surface area contributed by atoms with E-state index < -0.39 is 0 Å². The first-order valence-corrected chi connectivity index (χ1v) is 20.0. The summed E-state index contributed by atoms with van der Waals surface area (Å²) in [5, 5.41) is 0. The first kappa shape index (κ1) is 41.0. The van der Waals surface area contributed by atoms with Crippen LogP contribution in [0.4, 0.5) is 0 Å². The zero-order valence-corrected chi connectivity index (χ0v) is 33.0. The Morgan fingerprint density at radius 3 is 0.698 bits per heavy atom. The van der Waals surface area contributed by atoms with Crippen LogP contribution in [-0.2, 0) is 0 Å². The van der Waals surface area contributed by atoms with Gasteiger partial charge in [-0.25, -0.2) is 0 Å². The molecule has 0 aliphatic heterocycles. The van der Waals surface area contributed by atoms with Crippen LogP contribution in [0.25, 0.3) is 0 Å². The lowest BCUT2D eigenvalue weighted by molar-refractivity contribution is 0.102. The van der Waals surface area contributed by atoms with Crippen molar-refractivity contribution in [2.75, 3.05) is 0 Å². The van der Waals surface area contributed by atoms with Gasteiger partial charge in [-0.05, 0) is 152 Å². The molecule has 0 aromatic rings. The fraction of sp³-hybridized carbons (Fsp3) is 1.00. The Hall–Kier alpha value is 0. The summed E-state index contributed by atoms with van der Waals surface area (Å²) in [4.78, 5) is 0. The second-order valence-corrected chi connectivity index (χ2v) is 18.8. The fourth-order valence-corrected chi connectivity index (χ4v) is 8.89. The highest BCUT2D eigenvalue weighted by Gasteiger charge is 2.40. The van der Waals surface area contributed by atoms with Gasteiger partial charge in [-0.1, -0.05) is 124 Å². The molecule has 0 heteroatoms. The van der Waals surface area contributed by atoms with E-state index in [0.717, 1.165) is 94.7 Å². The summed E-state index contributed by atoms with van der Waals surface area (Å²) < 4.78 is 0. The summed E-state index contributed by atoms with van der Waals surface area (Å²) >= 11 is 0. The molecule has 4 aliphatic rings. The molecular formula is C43H86. The molecule has 4 fully saturated rings. The van der Waals surface area contributed by atoms with Crippen molar-refractivity contribution in [1.29, 1.82) is 0 Å². The van der Waals surface area contributed by atoms with Crippen LogP contribution in [0.3, 0.4) is 0 Å². The summed E-state index contributed by atoms with van der Waals surface area (Å²) in [6, 6.07) is 0. The molecule has 0 aromatic heterocycles. The third kappa shape index (κ3) is 15.0. The predicted octanol–water partition coefficient (Wildman–Crippen LogP) is 14.5. The van der Waals surface area contributed by atoms with Gasteiger partial charge in [0.15, 0.2) is 0 Å². The van der Waals surface area contributed by atoms with Gasteiger partial charge in [-0.15, -0.1) is 0 Å². The highest BCUT2D eigenvalue weighted by atomic mass is 14.5. The average Bonchev–Trinajstić information content (AvgIpc) is 3.70. The van der Waals surface area contributed by atoms with E-state index in [1.165, 1.54) is 70.6 Å². The molecule has 0 radical (unpaired) electrons. The SMILES string of the molecule is CC(C)C1CC(C(C)C)C1.CC(C)C1CC1C(C)C.CC(C)C1CCC(C(C)C)CC1.CC(C)C1CCCCC1C(C)C. The molecule has 0 amide bonds. The molecule has 258 valence electrons. The van der Waals surface area contributed by atoms with Gasteiger partial charge in [-0.3, -0.25) is 0 Å². The highest BCUT2D eigenvalue weighted by Crippen LogP contribution is 2.48. The van der Waals surface area contributed by atoms with E-state index in [-0.39, 0.29) is 0 Å². The molecule has 4 aliphatic carbocycles. The Morgan fingerprint density at radius 2 is 0.512 bits per heavy atom. The van der Waals surface area contributed by atoms with Crippen LogP contribution in [0.1, 0.15) is 181 Å². The maximum atomic E-state index is 2.39. The van der Waals surface area contributed by atoms with Gasteiger partial charge in [0.25, 0.3) is 0 Å². The third-order valence-corrected chi connectivity index (χ3v) is 13.0. The molecule has 0 N–H and O–H groups in total. The summed E-state index contributed by atoms with van der Waals surface area (Å²) in [5.41, 5.74) is 0. The van der Waals surface area contributed by atoms with Crippen molar-refractivity contribution < 1.29 is 0 Å². The lowest BCUT2D eigenvalue weighted by atomic mass is 9.65. The maximum Gasteiger partial charge on any atom is -0.0357 e. The summed E-state index contributed by atoms with van der Waals surface area (Å²) in [5.74, 6) is 15.6. The Labute approximate surface area is 275 Å². The minimum Gasteiger partial charge on any atom is -0.0625 e. The van der Waals surface area contributed by atoms with E-state index in [0.29, 0.717) is 0 Å². The second-order valence-electron chi connectivity index (χ2n) is 18.8. The van der Waals surface area contributed by atoms with E-state index in [4.69, 9.17) is 0 Å². The standard InChI is InChI=1S/2C12H24.C10H20.C9H18/c1-9(2)11-5-7-12(8-6-11)10(3)4;1-9(2)11-7-5-6-8-12(11)10(3)4;1-7(2)9-5-10(6-9)8(3)4;1-6(2)8-5-9(8)7(3)4/h2*9-12H,5-8H2,1-4H3;7-10H,5-6H2,1-4H3;6-9H,5H2,1-4H3. The van der Waals surface area contributed by atoms with E-state index in [1.54, 1.807) is 0 Å². The van der Waals surface area contributed by atoms with E-state index in [9.17, 15) is 0 Å². The second kappa shape index (κ2) is 20.3. The summed E-state index contributed by atoms with van der Waals surface area (Å²) in [6.07, 6.45) is 16.4. The molecule has 0 aromatic carbocycles. The summed E-state index contributed by atoms with van der Waals surface area (Å²) in [7, 11) is 0. The first-order chi connectivity index (χ1) is 20.0. The van der Waals surface area contributed by atoms with Gasteiger partial charge in [0, 0.05) is 0 Å². The van der Waals surface area contributed by atoms with E-state index in [1.807, 2.05) is 0 Å². The molecule has 4 rings (SSSR count). The quantitative estimate of drug-likeness (QED) is 0.259. The lowest BCUT2D eigenvalue weighted by Gasteiger charge is -2.40. The van der Waals surface area contributed by atoms with Gasteiger partial charge >= 0.3 is 0 Å². The number of rotatable bonds is 8. The first-order valence-electron chi connectivity index (χ1n) is 20.0. The molecule has 43 heavy (non-hydrogen) atoms. The molecule has 4 atom stereocenters. The van der Waals surface area contributed by atoms with E-state index >= 15 is 0 Å². The zero-order valence-electron chi connectivity index (χ0n) is 33.0. The zero-order chi connectivity index (χ0) is 33.0. The summed E-state index contributed by atoms with van der Waals surface area (Å²) in [6.45, 7) is 37.8. The van der Waals surface area contributed by atoms with Crippen LogP contribution in [0.5, 0.6) is 0 Å². The molecule has 0 saturated heterocycles. The topological polar surface area (TPSA) is 0 Å². The molecule has 0 spiro atoms. The van der Waals surface area contributed by atoms with Crippen molar-refractivity contribution in [2.45, 2.75) is 181 Å². The fourth-order valence-electron chi connectivity index (χ4n) is 8.89. The molecular weight excluding hydrogens is 516 g/mol. The van der Waals surface area contributed by atoms with E-state index in [2.05, 4.69) is 111 Å². The van der Waals surface area contributed by atoms with Crippen LogP contribution in [0.15, 0.2) is 0 Å². The molecule has 4 unspecified atom stereocenters. The van der Waals surface area contributed by atoms with Crippen LogP contribution in [-0.4, -0.2) is 0 Å².